The number of allylic oxidation sites excluding steroid dienone is 11. The Labute approximate surface area is 308 Å². The second kappa shape index (κ2) is 12.7. The summed E-state index contributed by atoms with van der Waals surface area (Å²) in [6.07, 6.45) is 19.5. The summed E-state index contributed by atoms with van der Waals surface area (Å²) in [7, 11) is 0. The van der Waals surface area contributed by atoms with E-state index in [1.807, 2.05) is 12.2 Å². The summed E-state index contributed by atoms with van der Waals surface area (Å²) in [6.45, 7) is 10.6. The molecule has 252 valence electrons. The van der Waals surface area contributed by atoms with E-state index in [-0.39, 0.29) is 5.41 Å². The highest BCUT2D eigenvalue weighted by Crippen LogP contribution is 2.64. The van der Waals surface area contributed by atoms with E-state index in [4.69, 9.17) is 0 Å². The van der Waals surface area contributed by atoms with Gasteiger partial charge in [-0.25, -0.2) is 0 Å². The predicted molar refractivity (Wildman–Crippen MR) is 220 cm³/mol. The van der Waals surface area contributed by atoms with Gasteiger partial charge in [-0.05, 0) is 104 Å². The van der Waals surface area contributed by atoms with Crippen LogP contribution in [0.25, 0.3) is 22.3 Å². The average Bonchev–Trinajstić information content (AvgIpc) is 3.77. The van der Waals surface area contributed by atoms with Crippen LogP contribution in [0.3, 0.4) is 0 Å². The van der Waals surface area contributed by atoms with Crippen LogP contribution in [0.4, 0.5) is 5.69 Å². The first-order valence-corrected chi connectivity index (χ1v) is 18.7. The number of hydrogen-bond acceptors (Lipinski definition) is 1. The lowest BCUT2D eigenvalue weighted by Gasteiger charge is -2.36. The zero-order valence-electron chi connectivity index (χ0n) is 29.8. The van der Waals surface area contributed by atoms with Gasteiger partial charge in [0.05, 0.1) is 10.8 Å². The molecule has 0 amide bonds. The smallest absolute Gasteiger partial charge is 0.0722 e. The number of hydrogen-bond donors (Lipinski definition) is 1. The third kappa shape index (κ3) is 4.35. The molecule has 5 aromatic carbocycles. The molecule has 0 fully saturated rings. The van der Waals surface area contributed by atoms with Crippen LogP contribution in [0.15, 0.2) is 194 Å². The van der Waals surface area contributed by atoms with Crippen molar-refractivity contribution in [2.45, 2.75) is 43.4 Å². The minimum atomic E-state index is -0.505. The van der Waals surface area contributed by atoms with Gasteiger partial charge in [-0.15, -0.1) is 0 Å². The number of anilines is 1. The molecule has 2 atom stereocenters. The van der Waals surface area contributed by atoms with E-state index in [1.54, 1.807) is 0 Å². The zero-order valence-corrected chi connectivity index (χ0v) is 29.8. The molecule has 1 N–H and O–H groups in total. The predicted octanol–water partition coefficient (Wildman–Crippen LogP) is 12.9. The Bertz CT molecular complexity index is 2430. The van der Waals surface area contributed by atoms with Crippen LogP contribution in [-0.2, 0) is 10.8 Å². The summed E-state index contributed by atoms with van der Waals surface area (Å²) in [5, 5.41) is 3.91. The van der Waals surface area contributed by atoms with Crippen molar-refractivity contribution < 1.29 is 0 Å². The van der Waals surface area contributed by atoms with Gasteiger partial charge in [0.1, 0.15) is 0 Å². The molecule has 9 rings (SSSR count). The quantitative estimate of drug-likeness (QED) is 0.162. The van der Waals surface area contributed by atoms with E-state index in [9.17, 15) is 0 Å². The highest BCUT2D eigenvalue weighted by molar-refractivity contribution is 5.97. The van der Waals surface area contributed by atoms with Gasteiger partial charge >= 0.3 is 0 Å². The van der Waals surface area contributed by atoms with E-state index < -0.39 is 5.41 Å². The van der Waals surface area contributed by atoms with Gasteiger partial charge in [0.2, 0.25) is 0 Å². The van der Waals surface area contributed by atoms with Gasteiger partial charge < -0.3 is 5.32 Å². The molecule has 0 saturated carbocycles. The molecule has 0 bridgehead atoms. The van der Waals surface area contributed by atoms with Gasteiger partial charge in [0, 0.05) is 11.9 Å². The summed E-state index contributed by atoms with van der Waals surface area (Å²) in [5.74, 6) is 0. The summed E-state index contributed by atoms with van der Waals surface area (Å²) >= 11 is 0. The van der Waals surface area contributed by atoms with Crippen LogP contribution in [0.1, 0.15) is 71.6 Å². The molecule has 0 aliphatic heterocycles. The molecule has 0 radical (unpaired) electrons. The zero-order chi connectivity index (χ0) is 35.3. The van der Waals surface area contributed by atoms with Crippen molar-refractivity contribution in [1.82, 2.24) is 0 Å². The maximum Gasteiger partial charge on any atom is 0.0722 e. The van der Waals surface area contributed by atoms with E-state index in [2.05, 4.69) is 177 Å². The van der Waals surface area contributed by atoms with Gasteiger partial charge in [0.15, 0.2) is 0 Å². The molecule has 0 heterocycles. The first-order valence-electron chi connectivity index (χ1n) is 18.7. The molecule has 0 saturated heterocycles. The Morgan fingerprint density at radius 3 is 2.13 bits per heavy atom. The summed E-state index contributed by atoms with van der Waals surface area (Å²) < 4.78 is 0. The number of rotatable bonds is 8. The van der Waals surface area contributed by atoms with Crippen molar-refractivity contribution in [2.24, 2.45) is 0 Å². The minimum Gasteiger partial charge on any atom is -0.361 e. The summed E-state index contributed by atoms with van der Waals surface area (Å²) in [6, 6.07) is 45.1. The van der Waals surface area contributed by atoms with Crippen LogP contribution in [0.5, 0.6) is 0 Å². The fourth-order valence-corrected chi connectivity index (χ4v) is 9.98. The van der Waals surface area contributed by atoms with Gasteiger partial charge in [-0.2, -0.15) is 0 Å². The molecule has 0 aromatic heterocycles. The van der Waals surface area contributed by atoms with E-state index in [1.165, 1.54) is 77.9 Å². The fraction of sp³-hybridized carbons (Fsp3) is 0.137. The Balaban J connectivity index is 1.27. The van der Waals surface area contributed by atoms with E-state index in [0.29, 0.717) is 0 Å². The van der Waals surface area contributed by atoms with Crippen LogP contribution in [0.2, 0.25) is 0 Å². The van der Waals surface area contributed by atoms with Crippen molar-refractivity contribution in [3.8, 4) is 11.1 Å². The lowest BCUT2D eigenvalue weighted by Crippen LogP contribution is -2.30. The normalized spacial score (nSPS) is 22.3. The van der Waals surface area contributed by atoms with Crippen molar-refractivity contribution in [3.05, 3.63) is 233 Å². The molecule has 4 aliphatic rings. The Hall–Kier alpha value is -5.92. The van der Waals surface area contributed by atoms with Gasteiger partial charge in [0.25, 0.3) is 0 Å². The highest BCUT2D eigenvalue weighted by Gasteiger charge is 2.53. The minimum absolute atomic E-state index is 0.341. The maximum atomic E-state index is 4.19. The largest absolute Gasteiger partial charge is 0.361 e. The first-order chi connectivity index (χ1) is 25.7. The van der Waals surface area contributed by atoms with Crippen molar-refractivity contribution in [2.75, 3.05) is 5.32 Å². The molecule has 1 nitrogen and oxygen atoms in total. The number of fused-ring (bicyclic) bond motifs is 10. The molecular weight excluding hydrogens is 627 g/mol. The molecule has 52 heavy (non-hydrogen) atoms. The third-order valence-electron chi connectivity index (χ3n) is 11.8. The fourth-order valence-electron chi connectivity index (χ4n) is 9.98. The monoisotopic (exact) mass is 669 g/mol. The van der Waals surface area contributed by atoms with Crippen LogP contribution < -0.4 is 5.32 Å². The third-order valence-corrected chi connectivity index (χ3v) is 11.8. The van der Waals surface area contributed by atoms with Crippen LogP contribution in [-0.4, -0.2) is 0 Å². The topological polar surface area (TPSA) is 12.0 Å². The van der Waals surface area contributed by atoms with E-state index in [0.717, 1.165) is 31.4 Å². The Kier molecular flexibility index (Phi) is 7.81. The van der Waals surface area contributed by atoms with Crippen LogP contribution in [0, 0.1) is 0 Å². The second-order valence-corrected chi connectivity index (χ2v) is 14.3. The Morgan fingerprint density at radius 2 is 1.38 bits per heavy atom. The van der Waals surface area contributed by atoms with Gasteiger partial charge in [-0.1, -0.05) is 178 Å². The maximum absolute atomic E-state index is 4.19. The average molecular weight is 670 g/mol. The number of benzene rings is 5. The van der Waals surface area contributed by atoms with Crippen LogP contribution >= 0.6 is 0 Å². The lowest BCUT2D eigenvalue weighted by atomic mass is 9.66. The lowest BCUT2D eigenvalue weighted by molar-refractivity contribution is 0.686. The Morgan fingerprint density at radius 1 is 0.712 bits per heavy atom. The van der Waals surface area contributed by atoms with Gasteiger partial charge in [-0.3, -0.25) is 0 Å². The van der Waals surface area contributed by atoms with Crippen molar-refractivity contribution in [1.29, 1.82) is 0 Å². The summed E-state index contributed by atoms with van der Waals surface area (Å²) in [4.78, 5) is 0. The molecular formula is C51H43N. The number of nitrogens with one attached hydrogen (secondary N) is 1. The van der Waals surface area contributed by atoms with Crippen molar-refractivity contribution in [3.63, 3.8) is 0 Å². The summed E-state index contributed by atoms with van der Waals surface area (Å²) in [5.41, 5.74) is 18.8. The first kappa shape index (κ1) is 32.0. The molecule has 5 aromatic rings. The highest BCUT2D eigenvalue weighted by atomic mass is 14.8. The molecule has 4 aliphatic carbocycles. The SMILES string of the molecule is C=C/C=C1\C(=C/Nc2ccc3c(c2)C2(C4=C(CCC=C4)c4ccccc42)c2ccccc2-3)C(/C(=C/C=C)CCC)(c2ccccc2)c2ccccc21. The molecule has 1 spiro atoms. The molecule has 1 heteroatoms. The molecule has 2 unspecified atom stereocenters. The van der Waals surface area contributed by atoms with E-state index >= 15 is 0 Å². The van der Waals surface area contributed by atoms with Crippen molar-refractivity contribution >= 4 is 16.8 Å². The standard InChI is InChI=1S/C51H43N/c1-4-18-35(19-5-2)50(36-21-8-7-9-22-36)44-27-14-10-23-39(44)38(20-6-3)49(50)34-52-37-31-32-43-42-26-13-17-30-47(42)51(48(43)33-37)45-28-15-11-24-40(45)41-25-12-16-29-46(41)51/h4,6-11,13-18,20-24,26-34,52H,1,3,5,12,19,25H2,2H3/b35-18+,38-20-,49-34+. The second-order valence-electron chi connectivity index (χ2n) is 14.3.